The van der Waals surface area contributed by atoms with Crippen molar-refractivity contribution in [3.63, 3.8) is 0 Å². The number of esters is 1. The van der Waals surface area contributed by atoms with Crippen molar-refractivity contribution in [2.75, 3.05) is 6.61 Å². The minimum Gasteiger partial charge on any atom is -0.463 e. The zero-order valence-corrected chi connectivity index (χ0v) is 11.5. The highest BCUT2D eigenvalue weighted by molar-refractivity contribution is 7.87. The summed E-state index contributed by atoms with van der Waals surface area (Å²) < 4.78 is 17.8. The van der Waals surface area contributed by atoms with Crippen molar-refractivity contribution >= 4 is 16.8 Å². The van der Waals surface area contributed by atoms with Crippen molar-refractivity contribution in [3.8, 4) is 0 Å². The standard InChI is InChI=1S/C13H14N2O3S/c1-8-3-5-10(6-4-8)19(17)13-11(7-18-12(13)16)9(2)14-15-13/h3-6,9,11H,7H2,1-2H3/t9-,11-,13-,19?/m0/s1. The maximum absolute atomic E-state index is 12.8. The molecule has 3 rings (SSSR count). The Morgan fingerprint density at radius 2 is 2.05 bits per heavy atom. The number of azo groups is 1. The number of hydrogen-bond donors (Lipinski definition) is 0. The Balaban J connectivity index is 2.04. The first-order valence-corrected chi connectivity index (χ1v) is 7.28. The minimum absolute atomic E-state index is 0.138. The van der Waals surface area contributed by atoms with E-state index in [1.165, 1.54) is 0 Å². The van der Waals surface area contributed by atoms with Gasteiger partial charge in [0, 0.05) is 4.90 Å². The van der Waals surface area contributed by atoms with Crippen LogP contribution in [0, 0.1) is 12.8 Å². The molecule has 1 aromatic carbocycles. The number of carbonyl (C=O) groups excluding carboxylic acids is 1. The number of nitrogens with zero attached hydrogens (tertiary/aromatic N) is 2. The minimum atomic E-state index is -1.58. The third kappa shape index (κ3) is 1.66. The van der Waals surface area contributed by atoms with Gasteiger partial charge >= 0.3 is 5.97 Å². The Hall–Kier alpha value is -1.56. The highest BCUT2D eigenvalue weighted by atomic mass is 32.2. The van der Waals surface area contributed by atoms with Crippen LogP contribution in [0.4, 0.5) is 0 Å². The fraction of sp³-hybridized carbons (Fsp3) is 0.462. The van der Waals surface area contributed by atoms with Crippen molar-refractivity contribution in [2.45, 2.75) is 29.7 Å². The van der Waals surface area contributed by atoms with Crippen LogP contribution in [0.3, 0.4) is 0 Å². The molecule has 0 radical (unpaired) electrons. The number of aryl methyl sites for hydroxylation is 1. The lowest BCUT2D eigenvalue weighted by Crippen LogP contribution is -2.43. The molecule has 19 heavy (non-hydrogen) atoms. The molecule has 1 saturated heterocycles. The monoisotopic (exact) mass is 278 g/mol. The molecular formula is C13H14N2O3S. The Labute approximate surface area is 113 Å². The van der Waals surface area contributed by atoms with Crippen LogP contribution in [0.15, 0.2) is 39.4 Å². The molecule has 6 heteroatoms. The summed E-state index contributed by atoms with van der Waals surface area (Å²) >= 11 is 0. The highest BCUT2D eigenvalue weighted by Crippen LogP contribution is 2.44. The molecule has 100 valence electrons. The molecule has 1 aromatic rings. The summed E-state index contributed by atoms with van der Waals surface area (Å²) in [5.74, 6) is -0.758. The first kappa shape index (κ1) is 12.5. The first-order valence-electron chi connectivity index (χ1n) is 6.13. The second kappa shape index (κ2) is 4.23. The molecule has 2 aliphatic rings. The summed E-state index contributed by atoms with van der Waals surface area (Å²) in [5.41, 5.74) is 1.07. The maximum Gasteiger partial charge on any atom is 0.350 e. The molecule has 4 atom stereocenters. The third-order valence-corrected chi connectivity index (χ3v) is 5.49. The third-order valence-electron chi connectivity index (χ3n) is 3.68. The molecule has 0 aliphatic carbocycles. The zero-order chi connectivity index (χ0) is 13.6. The number of rotatable bonds is 2. The van der Waals surface area contributed by atoms with Gasteiger partial charge in [-0.15, -0.1) is 0 Å². The fourth-order valence-corrected chi connectivity index (χ4v) is 4.08. The summed E-state index contributed by atoms with van der Waals surface area (Å²) in [5, 5.41) is 8.08. The lowest BCUT2D eigenvalue weighted by Gasteiger charge is -2.20. The molecule has 5 nitrogen and oxygen atoms in total. The second-order valence-electron chi connectivity index (χ2n) is 4.94. The molecule has 2 heterocycles. The van der Waals surface area contributed by atoms with Crippen LogP contribution in [0.1, 0.15) is 12.5 Å². The Bertz CT molecular complexity index is 584. The van der Waals surface area contributed by atoms with E-state index < -0.39 is 21.6 Å². The lowest BCUT2D eigenvalue weighted by atomic mass is 9.98. The van der Waals surface area contributed by atoms with Crippen LogP contribution in [0.25, 0.3) is 0 Å². The van der Waals surface area contributed by atoms with Gasteiger partial charge in [-0.2, -0.15) is 10.2 Å². The van der Waals surface area contributed by atoms with E-state index in [9.17, 15) is 9.00 Å². The summed E-state index contributed by atoms with van der Waals surface area (Å²) in [6.07, 6.45) is 0. The fourth-order valence-electron chi connectivity index (χ4n) is 2.46. The SMILES string of the molecule is Cc1ccc(S(=O)[C@@]23N=N[C@@H](C)[C@@H]2COC3=O)cc1. The van der Waals surface area contributed by atoms with Crippen molar-refractivity contribution < 1.29 is 13.7 Å². The van der Waals surface area contributed by atoms with E-state index in [2.05, 4.69) is 10.2 Å². The second-order valence-corrected chi connectivity index (χ2v) is 6.57. The molecule has 1 fully saturated rings. The molecule has 0 bridgehead atoms. The van der Waals surface area contributed by atoms with Crippen molar-refractivity contribution in [1.82, 2.24) is 0 Å². The van der Waals surface area contributed by atoms with E-state index in [1.807, 2.05) is 26.0 Å². The molecular weight excluding hydrogens is 264 g/mol. The molecule has 0 saturated carbocycles. The number of fused-ring (bicyclic) bond motifs is 1. The van der Waals surface area contributed by atoms with Gasteiger partial charge in [-0.1, -0.05) is 17.7 Å². The molecule has 0 spiro atoms. The summed E-state index contributed by atoms with van der Waals surface area (Å²) in [7, 11) is -1.58. The smallest absolute Gasteiger partial charge is 0.350 e. The van der Waals surface area contributed by atoms with Crippen LogP contribution < -0.4 is 0 Å². The van der Waals surface area contributed by atoms with E-state index >= 15 is 0 Å². The van der Waals surface area contributed by atoms with Crippen LogP contribution >= 0.6 is 0 Å². The number of hydrogen-bond acceptors (Lipinski definition) is 5. The van der Waals surface area contributed by atoms with E-state index in [1.54, 1.807) is 12.1 Å². The molecule has 0 N–H and O–H groups in total. The van der Waals surface area contributed by atoms with Gasteiger partial charge in [0.1, 0.15) is 6.61 Å². The van der Waals surface area contributed by atoms with Crippen molar-refractivity contribution in [1.29, 1.82) is 0 Å². The number of carbonyl (C=O) groups is 1. The molecule has 1 unspecified atom stereocenters. The first-order chi connectivity index (χ1) is 9.05. The van der Waals surface area contributed by atoms with Gasteiger partial charge in [-0.3, -0.25) is 4.21 Å². The zero-order valence-electron chi connectivity index (χ0n) is 10.7. The van der Waals surface area contributed by atoms with Crippen LogP contribution in [0.2, 0.25) is 0 Å². The quantitative estimate of drug-likeness (QED) is 0.775. The maximum atomic E-state index is 12.8. The highest BCUT2D eigenvalue weighted by Gasteiger charge is 2.63. The van der Waals surface area contributed by atoms with Gasteiger partial charge in [0.25, 0.3) is 4.87 Å². The summed E-state index contributed by atoms with van der Waals surface area (Å²) in [6.45, 7) is 4.06. The van der Waals surface area contributed by atoms with E-state index in [0.29, 0.717) is 4.90 Å². The number of ether oxygens (including phenoxy) is 1. The molecule has 0 amide bonds. The molecule has 0 aromatic heterocycles. The predicted molar refractivity (Wildman–Crippen MR) is 69.1 cm³/mol. The van der Waals surface area contributed by atoms with E-state index in [0.717, 1.165) is 5.56 Å². The van der Waals surface area contributed by atoms with Crippen molar-refractivity contribution in [3.05, 3.63) is 29.8 Å². The van der Waals surface area contributed by atoms with Gasteiger partial charge in [0.15, 0.2) is 0 Å². The van der Waals surface area contributed by atoms with Crippen LogP contribution in [-0.2, 0) is 20.3 Å². The number of cyclic esters (lactones) is 1. The normalized spacial score (nSPS) is 34.1. The number of benzene rings is 1. The van der Waals surface area contributed by atoms with E-state index in [4.69, 9.17) is 4.74 Å². The Kier molecular flexibility index (Phi) is 2.78. The van der Waals surface area contributed by atoms with Gasteiger partial charge in [-0.05, 0) is 26.0 Å². The van der Waals surface area contributed by atoms with Crippen LogP contribution in [-0.4, -0.2) is 27.7 Å². The van der Waals surface area contributed by atoms with Crippen LogP contribution in [0.5, 0.6) is 0 Å². The largest absolute Gasteiger partial charge is 0.463 e. The summed E-state index contributed by atoms with van der Waals surface area (Å²) in [4.78, 5) is 11.3. The van der Waals surface area contributed by atoms with Gasteiger partial charge in [-0.25, -0.2) is 4.79 Å². The molecule has 2 aliphatic heterocycles. The van der Waals surface area contributed by atoms with Gasteiger partial charge in [0.2, 0.25) is 0 Å². The summed E-state index contributed by atoms with van der Waals surface area (Å²) in [6, 6.07) is 7.13. The lowest BCUT2D eigenvalue weighted by molar-refractivity contribution is -0.140. The van der Waals surface area contributed by atoms with Gasteiger partial charge < -0.3 is 4.74 Å². The average Bonchev–Trinajstić information content (AvgIpc) is 2.91. The average molecular weight is 278 g/mol. The Morgan fingerprint density at radius 1 is 1.37 bits per heavy atom. The van der Waals surface area contributed by atoms with Crippen molar-refractivity contribution in [2.24, 2.45) is 16.1 Å². The van der Waals surface area contributed by atoms with Gasteiger partial charge in [0.05, 0.1) is 22.8 Å². The predicted octanol–water partition coefficient (Wildman–Crippen LogP) is 1.83. The van der Waals surface area contributed by atoms with E-state index in [-0.39, 0.29) is 18.6 Å². The topological polar surface area (TPSA) is 68.1 Å². The Morgan fingerprint density at radius 3 is 2.74 bits per heavy atom.